The van der Waals surface area contributed by atoms with Gasteiger partial charge in [-0.2, -0.15) is 13.2 Å². The van der Waals surface area contributed by atoms with Crippen LogP contribution in [0.25, 0.3) is 0 Å². The third-order valence-electron chi connectivity index (χ3n) is 4.05. The molecule has 0 spiro atoms. The fourth-order valence-electron chi connectivity index (χ4n) is 2.07. The third kappa shape index (κ3) is 3.02. The fraction of sp³-hybridized carbons (Fsp3) is 0.538. The lowest BCUT2D eigenvalue weighted by molar-refractivity contribution is -0.139. The van der Waals surface area contributed by atoms with E-state index in [9.17, 15) is 21.6 Å². The van der Waals surface area contributed by atoms with E-state index in [1.807, 2.05) is 0 Å². The lowest BCUT2D eigenvalue weighted by atomic mass is 9.78. The van der Waals surface area contributed by atoms with E-state index in [1.165, 1.54) is 6.07 Å². The van der Waals surface area contributed by atoms with E-state index < -0.39 is 45.7 Å². The van der Waals surface area contributed by atoms with Gasteiger partial charge >= 0.3 is 13.3 Å². The van der Waals surface area contributed by atoms with Gasteiger partial charge in [-0.25, -0.2) is 8.42 Å². The van der Waals surface area contributed by atoms with Crippen LogP contribution >= 0.6 is 0 Å². The molecular formula is C13H16BF3O4S. The van der Waals surface area contributed by atoms with Gasteiger partial charge in [0.25, 0.3) is 0 Å². The molecule has 1 fully saturated rings. The molecule has 0 saturated carbocycles. The van der Waals surface area contributed by atoms with Crippen LogP contribution in [0.15, 0.2) is 23.1 Å². The van der Waals surface area contributed by atoms with Crippen molar-refractivity contribution in [2.24, 2.45) is 0 Å². The molecular weight excluding hydrogens is 320 g/mol. The average Bonchev–Trinajstić information content (AvgIpc) is 2.56. The van der Waals surface area contributed by atoms with Crippen LogP contribution in [0.3, 0.4) is 0 Å². The van der Waals surface area contributed by atoms with E-state index in [0.29, 0.717) is 0 Å². The number of rotatable bonds is 2. The Morgan fingerprint density at radius 1 is 1.05 bits per heavy atom. The van der Waals surface area contributed by atoms with Crippen molar-refractivity contribution in [3.05, 3.63) is 23.8 Å². The highest BCUT2D eigenvalue weighted by atomic mass is 32.2. The van der Waals surface area contributed by atoms with E-state index in [0.717, 1.165) is 12.1 Å². The van der Waals surface area contributed by atoms with Gasteiger partial charge in [-0.05, 0) is 45.3 Å². The molecule has 4 nitrogen and oxygen atoms in total. The zero-order valence-electron chi connectivity index (χ0n) is 12.5. The Kier molecular flexibility index (Phi) is 4.12. The van der Waals surface area contributed by atoms with Gasteiger partial charge in [0.2, 0.25) is 0 Å². The lowest BCUT2D eigenvalue weighted by Gasteiger charge is -2.32. The highest BCUT2D eigenvalue weighted by molar-refractivity contribution is 7.72. The van der Waals surface area contributed by atoms with E-state index in [-0.39, 0.29) is 5.46 Å². The first-order valence-corrected chi connectivity index (χ1v) is 7.74. The van der Waals surface area contributed by atoms with Crippen LogP contribution in [-0.2, 0) is 26.2 Å². The standard InChI is InChI=1S/C13H16BF3O4S/c1-11(2)12(3,4)21-14(20-11)8-5-6-10(22(18)19)9(7-8)13(15,16)17/h5-7,22H,1-4H3. The molecule has 0 bridgehead atoms. The molecule has 0 atom stereocenters. The quantitative estimate of drug-likeness (QED) is 0.663. The second kappa shape index (κ2) is 5.24. The minimum atomic E-state index is -4.77. The van der Waals surface area contributed by atoms with Gasteiger partial charge in [-0.1, -0.05) is 6.07 Å². The monoisotopic (exact) mass is 336 g/mol. The Bertz CT molecular complexity index is 644. The molecule has 0 unspecified atom stereocenters. The molecule has 1 heterocycles. The number of thiol groups is 1. The smallest absolute Gasteiger partial charge is 0.399 e. The van der Waals surface area contributed by atoms with Gasteiger partial charge in [-0.3, -0.25) is 0 Å². The van der Waals surface area contributed by atoms with Crippen LogP contribution in [0.1, 0.15) is 33.3 Å². The van der Waals surface area contributed by atoms with Gasteiger partial charge in [0, 0.05) is 0 Å². The summed E-state index contributed by atoms with van der Waals surface area (Å²) in [5.74, 6) is 0. The predicted octanol–water partition coefficient (Wildman–Crippen LogP) is 1.97. The molecule has 22 heavy (non-hydrogen) atoms. The van der Waals surface area contributed by atoms with Crippen molar-refractivity contribution in [2.75, 3.05) is 0 Å². The van der Waals surface area contributed by atoms with Crippen molar-refractivity contribution in [3.8, 4) is 0 Å². The van der Waals surface area contributed by atoms with Crippen molar-refractivity contribution in [1.82, 2.24) is 0 Å². The molecule has 2 rings (SSSR count). The highest BCUT2D eigenvalue weighted by Crippen LogP contribution is 2.37. The molecule has 1 aromatic rings. The molecule has 0 N–H and O–H groups in total. The minimum absolute atomic E-state index is 0.131. The summed E-state index contributed by atoms with van der Waals surface area (Å²) in [6.07, 6.45) is -4.77. The van der Waals surface area contributed by atoms with Gasteiger partial charge < -0.3 is 9.31 Å². The second-order valence-corrected chi connectivity index (χ2v) is 7.12. The molecule has 0 aliphatic carbocycles. The zero-order chi connectivity index (χ0) is 16.9. The van der Waals surface area contributed by atoms with E-state index in [1.54, 1.807) is 27.7 Å². The number of halogens is 3. The summed E-state index contributed by atoms with van der Waals surface area (Å²) in [6.45, 7) is 7.11. The second-order valence-electron chi connectivity index (χ2n) is 6.12. The molecule has 0 radical (unpaired) electrons. The maximum absolute atomic E-state index is 13.0. The van der Waals surface area contributed by atoms with Gasteiger partial charge in [0.15, 0.2) is 10.7 Å². The Balaban J connectivity index is 2.47. The van der Waals surface area contributed by atoms with Crippen molar-refractivity contribution < 1.29 is 30.9 Å². The summed E-state index contributed by atoms with van der Waals surface area (Å²) in [7, 11) is -4.33. The maximum Gasteiger partial charge on any atom is 0.494 e. The topological polar surface area (TPSA) is 52.6 Å². The summed E-state index contributed by atoms with van der Waals surface area (Å²) >= 11 is 0. The van der Waals surface area contributed by atoms with Crippen LogP contribution in [0.5, 0.6) is 0 Å². The van der Waals surface area contributed by atoms with Crippen LogP contribution in [-0.4, -0.2) is 26.7 Å². The number of hydrogen-bond acceptors (Lipinski definition) is 4. The molecule has 1 saturated heterocycles. The number of benzene rings is 1. The van der Waals surface area contributed by atoms with Gasteiger partial charge in [0.05, 0.1) is 21.7 Å². The van der Waals surface area contributed by atoms with Crippen LogP contribution in [0.4, 0.5) is 13.2 Å². The molecule has 0 amide bonds. The molecule has 9 heteroatoms. The van der Waals surface area contributed by atoms with Crippen molar-refractivity contribution >= 4 is 23.3 Å². The Hall–Kier alpha value is -1.06. The van der Waals surface area contributed by atoms with Crippen molar-refractivity contribution in [3.63, 3.8) is 0 Å². The maximum atomic E-state index is 13.0. The fourth-order valence-corrected chi connectivity index (χ4v) is 2.65. The minimum Gasteiger partial charge on any atom is -0.399 e. The first kappa shape index (κ1) is 17.3. The Labute approximate surface area is 128 Å². The average molecular weight is 336 g/mol. The Morgan fingerprint density at radius 3 is 1.95 bits per heavy atom. The zero-order valence-corrected chi connectivity index (χ0v) is 13.4. The molecule has 1 aliphatic heterocycles. The first-order chi connectivity index (χ1) is 9.85. The van der Waals surface area contributed by atoms with E-state index in [4.69, 9.17) is 9.31 Å². The summed E-state index contributed by atoms with van der Waals surface area (Å²) in [5, 5.41) is 0. The van der Waals surface area contributed by atoms with Crippen molar-refractivity contribution in [1.29, 1.82) is 0 Å². The molecule has 0 aromatic heterocycles. The van der Waals surface area contributed by atoms with Crippen LogP contribution in [0.2, 0.25) is 0 Å². The first-order valence-electron chi connectivity index (χ1n) is 6.56. The summed E-state index contributed by atoms with van der Waals surface area (Å²) in [4.78, 5) is -0.761. The third-order valence-corrected chi connectivity index (χ3v) is 4.83. The summed E-state index contributed by atoms with van der Waals surface area (Å²) in [6, 6.07) is 2.97. The highest BCUT2D eigenvalue weighted by Gasteiger charge is 2.52. The summed E-state index contributed by atoms with van der Waals surface area (Å²) in [5.41, 5.74) is -2.47. The van der Waals surface area contributed by atoms with Crippen molar-refractivity contribution in [2.45, 2.75) is 50.0 Å². The van der Waals surface area contributed by atoms with Gasteiger partial charge in [-0.15, -0.1) is 0 Å². The van der Waals surface area contributed by atoms with Gasteiger partial charge in [0.1, 0.15) is 0 Å². The molecule has 1 aliphatic rings. The molecule has 122 valence electrons. The largest absolute Gasteiger partial charge is 0.494 e. The Morgan fingerprint density at radius 2 is 1.55 bits per heavy atom. The normalized spacial score (nSPS) is 20.6. The summed E-state index contributed by atoms with van der Waals surface area (Å²) < 4.78 is 72.4. The number of alkyl halides is 3. The molecule has 1 aromatic carbocycles. The lowest BCUT2D eigenvalue weighted by Crippen LogP contribution is -2.41. The number of hydrogen-bond donors (Lipinski definition) is 1. The predicted molar refractivity (Wildman–Crippen MR) is 75.7 cm³/mol. The van der Waals surface area contributed by atoms with E-state index >= 15 is 0 Å². The van der Waals surface area contributed by atoms with Crippen LogP contribution < -0.4 is 5.46 Å². The van der Waals surface area contributed by atoms with E-state index in [2.05, 4.69) is 0 Å². The SMILES string of the molecule is CC1(C)OB(c2ccc([SH](=O)=O)c(C(F)(F)F)c2)OC1(C)C. The van der Waals surface area contributed by atoms with Crippen LogP contribution in [0, 0.1) is 0 Å².